The summed E-state index contributed by atoms with van der Waals surface area (Å²) >= 11 is 6.35. The maximum absolute atomic E-state index is 6.35. The molecule has 1 aliphatic carbocycles. The Hall–Kier alpha value is -2.40. The number of nitrogens with one attached hydrogen (secondary N) is 1. The van der Waals surface area contributed by atoms with Gasteiger partial charge in [0.05, 0.1) is 11.2 Å². The zero-order chi connectivity index (χ0) is 18.9. The second kappa shape index (κ2) is 7.31. The summed E-state index contributed by atoms with van der Waals surface area (Å²) in [6.07, 6.45) is 5.55. The highest BCUT2D eigenvalue weighted by Crippen LogP contribution is 2.39. The van der Waals surface area contributed by atoms with E-state index in [4.69, 9.17) is 11.6 Å². The van der Waals surface area contributed by atoms with Gasteiger partial charge in [0.1, 0.15) is 0 Å². The summed E-state index contributed by atoms with van der Waals surface area (Å²) in [7, 11) is 0. The Labute approximate surface area is 164 Å². The lowest BCUT2D eigenvalue weighted by atomic mass is 9.80. The molecular formula is C21H24ClN5. The number of tetrazole rings is 1. The van der Waals surface area contributed by atoms with E-state index in [9.17, 15) is 0 Å². The number of anilines is 1. The van der Waals surface area contributed by atoms with Gasteiger partial charge in [0.2, 0.25) is 0 Å². The lowest BCUT2D eigenvalue weighted by molar-refractivity contribution is 0.309. The maximum Gasteiger partial charge on any atom is 0.181 e. The van der Waals surface area contributed by atoms with E-state index in [-0.39, 0.29) is 5.54 Å². The Kier molecular flexibility index (Phi) is 4.87. The molecule has 0 atom stereocenters. The molecule has 4 rings (SSSR count). The third-order valence-corrected chi connectivity index (χ3v) is 5.81. The van der Waals surface area contributed by atoms with Crippen molar-refractivity contribution in [2.45, 2.75) is 51.5 Å². The van der Waals surface area contributed by atoms with E-state index in [2.05, 4.69) is 52.0 Å². The fourth-order valence-corrected chi connectivity index (χ4v) is 4.11. The highest BCUT2D eigenvalue weighted by molar-refractivity contribution is 6.31. The first-order valence-corrected chi connectivity index (χ1v) is 9.85. The largest absolute Gasteiger partial charge is 0.373 e. The Morgan fingerprint density at radius 1 is 1.04 bits per heavy atom. The highest BCUT2D eigenvalue weighted by Gasteiger charge is 2.39. The number of aryl methyl sites for hydroxylation is 2. The molecule has 1 aromatic heterocycles. The van der Waals surface area contributed by atoms with Crippen LogP contribution in [0.15, 0.2) is 42.5 Å². The molecule has 0 aliphatic heterocycles. The van der Waals surface area contributed by atoms with Crippen LogP contribution in [0, 0.1) is 13.8 Å². The van der Waals surface area contributed by atoms with Crippen molar-refractivity contribution in [2.24, 2.45) is 0 Å². The maximum atomic E-state index is 6.35. The van der Waals surface area contributed by atoms with Gasteiger partial charge in [0, 0.05) is 10.7 Å². The number of benzene rings is 2. The normalized spacial score (nSPS) is 16.3. The fourth-order valence-electron chi connectivity index (χ4n) is 3.93. The number of rotatable bonds is 4. The van der Waals surface area contributed by atoms with Crippen LogP contribution in [-0.4, -0.2) is 20.2 Å². The fraction of sp³-hybridized carbons (Fsp3) is 0.381. The van der Waals surface area contributed by atoms with Gasteiger partial charge in [-0.2, -0.15) is 4.68 Å². The van der Waals surface area contributed by atoms with Crippen molar-refractivity contribution in [3.8, 4) is 5.69 Å². The average Bonchev–Trinajstić information content (AvgIpc) is 3.15. The first kappa shape index (κ1) is 18.0. The number of aromatic nitrogens is 4. The molecule has 27 heavy (non-hydrogen) atoms. The van der Waals surface area contributed by atoms with Crippen molar-refractivity contribution >= 4 is 17.3 Å². The molecular weight excluding hydrogens is 358 g/mol. The zero-order valence-corrected chi connectivity index (χ0v) is 16.5. The number of nitrogens with zero attached hydrogens (tertiary/aromatic N) is 4. The van der Waals surface area contributed by atoms with Gasteiger partial charge in [-0.15, -0.1) is 5.10 Å². The first-order valence-electron chi connectivity index (χ1n) is 9.48. The van der Waals surface area contributed by atoms with Crippen molar-refractivity contribution in [3.63, 3.8) is 0 Å². The van der Waals surface area contributed by atoms with Crippen LogP contribution in [0.25, 0.3) is 5.69 Å². The third-order valence-electron chi connectivity index (χ3n) is 5.41. The quantitative estimate of drug-likeness (QED) is 0.674. The average molecular weight is 382 g/mol. The summed E-state index contributed by atoms with van der Waals surface area (Å²) in [6.45, 7) is 4.10. The molecule has 1 heterocycles. The van der Waals surface area contributed by atoms with Gasteiger partial charge >= 0.3 is 0 Å². The second-order valence-electron chi connectivity index (χ2n) is 7.49. The van der Waals surface area contributed by atoms with Crippen molar-refractivity contribution in [1.82, 2.24) is 20.2 Å². The second-order valence-corrected chi connectivity index (χ2v) is 7.89. The number of hydrogen-bond donors (Lipinski definition) is 1. The van der Waals surface area contributed by atoms with Gasteiger partial charge in [-0.25, -0.2) is 0 Å². The Balaban J connectivity index is 1.78. The van der Waals surface area contributed by atoms with Gasteiger partial charge in [-0.1, -0.05) is 49.1 Å². The molecule has 5 nitrogen and oxygen atoms in total. The lowest BCUT2D eigenvalue weighted by Gasteiger charge is -2.37. The van der Waals surface area contributed by atoms with Crippen LogP contribution in [0.3, 0.4) is 0 Å². The lowest BCUT2D eigenvalue weighted by Crippen LogP contribution is -2.40. The summed E-state index contributed by atoms with van der Waals surface area (Å²) in [5.74, 6) is 0.851. The van der Waals surface area contributed by atoms with E-state index in [0.29, 0.717) is 0 Å². The van der Waals surface area contributed by atoms with E-state index < -0.39 is 0 Å². The molecule has 1 aliphatic rings. The van der Waals surface area contributed by atoms with Crippen molar-refractivity contribution < 1.29 is 0 Å². The van der Waals surface area contributed by atoms with Crippen molar-refractivity contribution in [3.05, 3.63) is 64.4 Å². The minimum Gasteiger partial charge on any atom is -0.373 e. The zero-order valence-electron chi connectivity index (χ0n) is 15.7. The van der Waals surface area contributed by atoms with Gasteiger partial charge in [0.25, 0.3) is 0 Å². The summed E-state index contributed by atoms with van der Waals surface area (Å²) in [5, 5.41) is 17.3. The number of halogens is 1. The molecule has 1 fully saturated rings. The van der Waals surface area contributed by atoms with E-state index in [1.807, 2.05) is 29.8 Å². The van der Waals surface area contributed by atoms with Gasteiger partial charge < -0.3 is 5.32 Å². The molecule has 1 N–H and O–H groups in total. The van der Waals surface area contributed by atoms with Crippen LogP contribution < -0.4 is 5.32 Å². The molecule has 0 unspecified atom stereocenters. The monoisotopic (exact) mass is 381 g/mol. The topological polar surface area (TPSA) is 55.6 Å². The molecule has 0 bridgehead atoms. The Morgan fingerprint density at radius 2 is 1.85 bits per heavy atom. The molecule has 0 amide bonds. The van der Waals surface area contributed by atoms with Crippen LogP contribution in [0.2, 0.25) is 5.02 Å². The van der Waals surface area contributed by atoms with Gasteiger partial charge in [0.15, 0.2) is 5.82 Å². The van der Waals surface area contributed by atoms with Crippen LogP contribution in [0.5, 0.6) is 0 Å². The van der Waals surface area contributed by atoms with E-state index in [1.54, 1.807) is 0 Å². The van der Waals surface area contributed by atoms with Gasteiger partial charge in [-0.3, -0.25) is 0 Å². The molecule has 1 saturated carbocycles. The Morgan fingerprint density at radius 3 is 2.59 bits per heavy atom. The highest BCUT2D eigenvalue weighted by atomic mass is 35.5. The molecule has 2 aromatic carbocycles. The molecule has 3 aromatic rings. The molecule has 6 heteroatoms. The van der Waals surface area contributed by atoms with Crippen LogP contribution in [-0.2, 0) is 5.54 Å². The van der Waals surface area contributed by atoms with E-state index in [1.165, 1.54) is 12.0 Å². The molecule has 0 saturated heterocycles. The molecule has 0 spiro atoms. The standard InChI is InChI=1S/C21H24ClN5/c1-15-7-6-8-17(13-15)23-21(11-4-3-5-12-21)20-24-25-26-27(20)18-10-9-16(2)19(22)14-18/h6-10,13-14,23H,3-5,11-12H2,1-2H3. The van der Waals surface area contributed by atoms with Crippen LogP contribution in [0.4, 0.5) is 5.69 Å². The van der Waals surface area contributed by atoms with E-state index in [0.717, 1.165) is 53.5 Å². The molecule has 0 radical (unpaired) electrons. The van der Waals surface area contributed by atoms with Crippen molar-refractivity contribution in [2.75, 3.05) is 5.32 Å². The minimum atomic E-state index is -0.285. The summed E-state index contributed by atoms with van der Waals surface area (Å²) < 4.78 is 1.83. The van der Waals surface area contributed by atoms with Gasteiger partial charge in [-0.05, 0) is 72.5 Å². The SMILES string of the molecule is Cc1cccc(NC2(c3nnnn3-c3ccc(C)c(Cl)c3)CCCCC2)c1. The third kappa shape index (κ3) is 3.56. The predicted octanol–water partition coefficient (Wildman–Crippen LogP) is 5.20. The molecule has 140 valence electrons. The predicted molar refractivity (Wildman–Crippen MR) is 108 cm³/mol. The smallest absolute Gasteiger partial charge is 0.181 e. The Bertz CT molecular complexity index is 943. The number of hydrogen-bond acceptors (Lipinski definition) is 4. The minimum absolute atomic E-state index is 0.285. The first-order chi connectivity index (χ1) is 13.1. The van der Waals surface area contributed by atoms with Crippen LogP contribution >= 0.6 is 11.6 Å². The summed E-state index contributed by atoms with van der Waals surface area (Å²) in [4.78, 5) is 0. The van der Waals surface area contributed by atoms with Crippen LogP contribution in [0.1, 0.15) is 49.1 Å². The van der Waals surface area contributed by atoms with E-state index >= 15 is 0 Å². The summed E-state index contributed by atoms with van der Waals surface area (Å²) in [5.41, 5.74) is 3.98. The van der Waals surface area contributed by atoms with Crippen molar-refractivity contribution in [1.29, 1.82) is 0 Å². The summed E-state index contributed by atoms with van der Waals surface area (Å²) in [6, 6.07) is 14.4.